The van der Waals surface area contributed by atoms with Gasteiger partial charge >= 0.3 is 12.2 Å². The predicted octanol–water partition coefficient (Wildman–Crippen LogP) is 6.24. The Bertz CT molecular complexity index is 2150. The summed E-state index contributed by atoms with van der Waals surface area (Å²) in [6.45, 7) is 1.40. The molecular formula is C31H21F5N4O6S. The molecule has 242 valence electrons. The van der Waals surface area contributed by atoms with Gasteiger partial charge in [-0.25, -0.2) is 13.6 Å². The molecule has 1 atom stereocenters. The molecule has 10 nitrogen and oxygen atoms in total. The SMILES string of the molecule is CNC(=O)C(F)(F)c1cc(-c2ccc(-c3cc(F)c4c(c3)S(=O)OC4)cc2-c2nc(C)oc2-c2ccc3c(c2)OC(F)(F)O3)n(C)n1. The lowest BCUT2D eigenvalue weighted by Crippen LogP contribution is -2.36. The van der Waals surface area contributed by atoms with E-state index in [0.717, 1.165) is 17.8 Å². The van der Waals surface area contributed by atoms with Gasteiger partial charge in [0.1, 0.15) is 17.2 Å². The predicted molar refractivity (Wildman–Crippen MR) is 155 cm³/mol. The highest BCUT2D eigenvalue weighted by Gasteiger charge is 2.44. The number of carbonyl (C=O) groups excluding carboxylic acids is 1. The molecule has 0 aliphatic carbocycles. The van der Waals surface area contributed by atoms with E-state index in [1.807, 2.05) is 5.32 Å². The molecule has 0 radical (unpaired) electrons. The highest BCUT2D eigenvalue weighted by molar-refractivity contribution is 7.80. The summed E-state index contributed by atoms with van der Waals surface area (Å²) in [6, 6.07) is 12.6. The van der Waals surface area contributed by atoms with E-state index in [0.29, 0.717) is 16.7 Å². The van der Waals surface area contributed by atoms with Crippen LogP contribution in [-0.2, 0) is 39.6 Å². The van der Waals surface area contributed by atoms with Crippen molar-refractivity contribution < 1.29 is 49.0 Å². The lowest BCUT2D eigenvalue weighted by atomic mass is 9.93. The number of alkyl halides is 4. The fourth-order valence-corrected chi connectivity index (χ4v) is 6.36. The zero-order valence-electron chi connectivity index (χ0n) is 24.5. The first-order valence-electron chi connectivity index (χ1n) is 13.8. The van der Waals surface area contributed by atoms with Crippen molar-refractivity contribution in [1.29, 1.82) is 0 Å². The number of benzene rings is 3. The summed E-state index contributed by atoms with van der Waals surface area (Å²) in [4.78, 5) is 16.7. The van der Waals surface area contributed by atoms with Gasteiger partial charge in [-0.2, -0.15) is 13.9 Å². The number of carbonyl (C=O) groups is 1. The largest absolute Gasteiger partial charge is 0.586 e. The van der Waals surface area contributed by atoms with Crippen LogP contribution in [0.3, 0.4) is 0 Å². The first-order valence-corrected chi connectivity index (χ1v) is 14.9. The number of rotatable bonds is 6. The van der Waals surface area contributed by atoms with Crippen molar-refractivity contribution >= 4 is 17.0 Å². The fourth-order valence-electron chi connectivity index (χ4n) is 5.43. The summed E-state index contributed by atoms with van der Waals surface area (Å²) < 4.78 is 106. The molecule has 1 amide bonds. The molecule has 0 saturated heterocycles. The smallest absolute Gasteiger partial charge is 0.440 e. The van der Waals surface area contributed by atoms with Crippen LogP contribution in [0.2, 0.25) is 0 Å². The van der Waals surface area contributed by atoms with Crippen LogP contribution in [0.15, 0.2) is 63.9 Å². The molecule has 7 rings (SSSR count). The van der Waals surface area contributed by atoms with Crippen molar-refractivity contribution in [2.45, 2.75) is 30.6 Å². The van der Waals surface area contributed by atoms with Gasteiger partial charge in [0.25, 0.3) is 5.91 Å². The van der Waals surface area contributed by atoms with Gasteiger partial charge in [-0.05, 0) is 53.6 Å². The maximum atomic E-state index is 15.1. The van der Waals surface area contributed by atoms with E-state index in [9.17, 15) is 26.6 Å². The Morgan fingerprint density at radius 3 is 2.51 bits per heavy atom. The van der Waals surface area contributed by atoms with Gasteiger partial charge in [-0.3, -0.25) is 13.7 Å². The summed E-state index contributed by atoms with van der Waals surface area (Å²) in [5.74, 6) is -6.32. The van der Waals surface area contributed by atoms with Crippen LogP contribution in [-0.4, -0.2) is 38.2 Å². The number of amides is 1. The fraction of sp³-hybridized carbons (Fsp3) is 0.194. The van der Waals surface area contributed by atoms with E-state index in [4.69, 9.17) is 8.60 Å². The Kier molecular flexibility index (Phi) is 6.98. The minimum absolute atomic E-state index is 0.107. The van der Waals surface area contributed by atoms with Gasteiger partial charge in [-0.1, -0.05) is 12.1 Å². The number of likely N-dealkylation sites (N-methyl/N-ethyl adjacent to an activating group) is 1. The number of fused-ring (bicyclic) bond motifs is 2. The Balaban J connectivity index is 1.43. The third-order valence-electron chi connectivity index (χ3n) is 7.64. The molecule has 0 spiro atoms. The lowest BCUT2D eigenvalue weighted by molar-refractivity contribution is -0.286. The van der Waals surface area contributed by atoms with Gasteiger partial charge < -0.3 is 19.2 Å². The summed E-state index contributed by atoms with van der Waals surface area (Å²) in [5, 5.41) is 5.83. The molecule has 5 aromatic rings. The molecule has 2 aliphatic rings. The average Bonchev–Trinajstić information content (AvgIpc) is 3.79. The van der Waals surface area contributed by atoms with E-state index >= 15 is 4.39 Å². The number of nitrogens with zero attached hydrogens (tertiary/aromatic N) is 3. The number of aromatic nitrogens is 3. The first kappa shape index (κ1) is 30.6. The van der Waals surface area contributed by atoms with E-state index < -0.39 is 40.7 Å². The first-order chi connectivity index (χ1) is 22.3. The van der Waals surface area contributed by atoms with Gasteiger partial charge in [-0.15, -0.1) is 8.78 Å². The molecule has 0 bridgehead atoms. The van der Waals surface area contributed by atoms with Gasteiger partial charge in [0.05, 0.1) is 17.2 Å². The number of ether oxygens (including phenoxy) is 2. The van der Waals surface area contributed by atoms with Crippen molar-refractivity contribution in [1.82, 2.24) is 20.1 Å². The van der Waals surface area contributed by atoms with Gasteiger partial charge in [0.2, 0.25) is 0 Å². The summed E-state index contributed by atoms with van der Waals surface area (Å²) >= 11 is -1.87. The highest BCUT2D eigenvalue weighted by atomic mass is 32.2. The number of hydrogen-bond acceptors (Lipinski definition) is 8. The van der Waals surface area contributed by atoms with Crippen LogP contribution in [0.1, 0.15) is 17.1 Å². The van der Waals surface area contributed by atoms with E-state index in [2.05, 4.69) is 19.6 Å². The molecule has 0 saturated carbocycles. The molecule has 0 fully saturated rings. The monoisotopic (exact) mass is 672 g/mol. The number of hydrogen-bond donors (Lipinski definition) is 1. The molecule has 1 N–H and O–H groups in total. The van der Waals surface area contributed by atoms with Crippen molar-refractivity contribution in [3.8, 4) is 56.5 Å². The van der Waals surface area contributed by atoms with E-state index in [-0.39, 0.29) is 62.7 Å². The Morgan fingerprint density at radius 1 is 1.00 bits per heavy atom. The molecule has 3 aromatic carbocycles. The molecular weight excluding hydrogens is 651 g/mol. The molecule has 1 unspecified atom stereocenters. The Hall–Kier alpha value is -5.09. The second-order valence-corrected chi connectivity index (χ2v) is 11.8. The Labute approximate surface area is 264 Å². The number of aryl methyl sites for hydroxylation is 2. The molecule has 2 aliphatic heterocycles. The standard InChI is InChI=1S/C31H21F5N4O6S/c1-14-38-27(28(44-14)16-5-7-23-24(10-16)46-31(35,36)45-23)19-8-15(17-9-21(32)20-13-43-47(42)25(20)11-17)4-6-18(19)22-12-26(39-40(22)3)30(33,34)29(41)37-2/h4-12H,13H2,1-3H3,(H,37,41). The summed E-state index contributed by atoms with van der Waals surface area (Å²) in [6.07, 6.45) is -3.86. The van der Waals surface area contributed by atoms with Crippen molar-refractivity contribution in [2.75, 3.05) is 7.05 Å². The molecule has 47 heavy (non-hydrogen) atoms. The molecule has 4 heterocycles. The highest BCUT2D eigenvalue weighted by Crippen LogP contribution is 2.46. The zero-order valence-corrected chi connectivity index (χ0v) is 25.3. The minimum atomic E-state index is -3.96. The maximum absolute atomic E-state index is 15.1. The second kappa shape index (κ2) is 10.7. The summed E-state index contributed by atoms with van der Waals surface area (Å²) in [5.41, 5.74) is 1.28. The van der Waals surface area contributed by atoms with Gasteiger partial charge in [0.15, 0.2) is 34.2 Å². The van der Waals surface area contributed by atoms with Crippen molar-refractivity contribution in [3.63, 3.8) is 0 Å². The van der Waals surface area contributed by atoms with E-state index in [1.54, 1.807) is 25.1 Å². The van der Waals surface area contributed by atoms with Crippen LogP contribution in [0.25, 0.3) is 45.0 Å². The van der Waals surface area contributed by atoms with Gasteiger partial charge in [0, 0.05) is 43.3 Å². The third kappa shape index (κ3) is 5.13. The van der Waals surface area contributed by atoms with Crippen LogP contribution in [0.4, 0.5) is 22.0 Å². The quantitative estimate of drug-likeness (QED) is 0.211. The minimum Gasteiger partial charge on any atom is -0.440 e. The van der Waals surface area contributed by atoms with Crippen LogP contribution >= 0.6 is 0 Å². The zero-order chi connectivity index (χ0) is 33.4. The normalized spacial score (nSPS) is 16.4. The van der Waals surface area contributed by atoms with Crippen molar-refractivity contribution in [3.05, 3.63) is 77.6 Å². The third-order valence-corrected chi connectivity index (χ3v) is 8.69. The lowest BCUT2D eigenvalue weighted by Gasteiger charge is -2.13. The number of halogens is 5. The number of oxazole rings is 1. The molecule has 2 aromatic heterocycles. The maximum Gasteiger partial charge on any atom is 0.586 e. The van der Waals surface area contributed by atoms with Crippen LogP contribution in [0.5, 0.6) is 11.5 Å². The van der Waals surface area contributed by atoms with Crippen LogP contribution in [0, 0.1) is 12.7 Å². The Morgan fingerprint density at radius 2 is 1.74 bits per heavy atom. The average molecular weight is 673 g/mol. The number of nitrogens with one attached hydrogen (secondary N) is 1. The van der Waals surface area contributed by atoms with Crippen molar-refractivity contribution in [2.24, 2.45) is 7.05 Å². The second-order valence-electron chi connectivity index (χ2n) is 10.6. The van der Waals surface area contributed by atoms with Crippen LogP contribution < -0.4 is 14.8 Å². The topological polar surface area (TPSA) is 118 Å². The van der Waals surface area contributed by atoms with E-state index in [1.165, 1.54) is 37.4 Å². The summed E-state index contributed by atoms with van der Waals surface area (Å²) in [7, 11) is 2.49. The molecule has 16 heteroatoms.